The van der Waals surface area contributed by atoms with E-state index in [1.165, 1.54) is 0 Å². The van der Waals surface area contributed by atoms with Crippen molar-refractivity contribution < 1.29 is 0 Å². The largest absolute Gasteiger partial charge is 0.121 e. The van der Waals surface area contributed by atoms with Crippen molar-refractivity contribution in [3.05, 3.63) is 0 Å². The lowest BCUT2D eigenvalue weighted by molar-refractivity contribution is 0.432. The summed E-state index contributed by atoms with van der Waals surface area (Å²) in [6, 6.07) is 0. The number of halogens is 4. The summed E-state index contributed by atoms with van der Waals surface area (Å²) in [4.78, 5) is -0.390. The van der Waals surface area contributed by atoms with Gasteiger partial charge in [0.1, 0.15) is 0 Å². The molecule has 11 heavy (non-hydrogen) atoms. The highest BCUT2D eigenvalue weighted by Gasteiger charge is 2.41. The van der Waals surface area contributed by atoms with Crippen LogP contribution in [0.25, 0.3) is 0 Å². The summed E-state index contributed by atoms with van der Waals surface area (Å²) in [5.74, 6) is 0. The van der Waals surface area contributed by atoms with Gasteiger partial charge in [-0.3, -0.25) is 0 Å². The van der Waals surface area contributed by atoms with E-state index in [1.807, 2.05) is 6.92 Å². The summed E-state index contributed by atoms with van der Waals surface area (Å²) in [7, 11) is 0. The Morgan fingerprint density at radius 3 is 2.18 bits per heavy atom. The molecule has 1 aliphatic carbocycles. The molecule has 4 atom stereocenters. The molecular formula is C7H10Cl4. The Labute approximate surface area is 87.1 Å². The van der Waals surface area contributed by atoms with Crippen LogP contribution >= 0.6 is 46.4 Å². The standard InChI is InChI=1S/C7H10Cl4/c1-7(11)3-5(9)4(8)2-6(7)10/h4-6H,2-3H2,1H3/t4-,5+,6+,7+/m1/s1. The van der Waals surface area contributed by atoms with E-state index in [1.54, 1.807) is 0 Å². The van der Waals surface area contributed by atoms with Crippen LogP contribution in [0.5, 0.6) is 0 Å². The predicted molar refractivity (Wildman–Crippen MR) is 52.4 cm³/mol. The summed E-state index contributed by atoms with van der Waals surface area (Å²) < 4.78 is 0. The molecule has 0 aliphatic heterocycles. The van der Waals surface area contributed by atoms with Gasteiger partial charge in [0, 0.05) is 0 Å². The molecule has 1 rings (SSSR count). The minimum absolute atomic E-state index is 0.0361. The van der Waals surface area contributed by atoms with Crippen molar-refractivity contribution in [1.29, 1.82) is 0 Å². The maximum atomic E-state index is 6.11. The lowest BCUT2D eigenvalue weighted by Gasteiger charge is -2.37. The molecule has 0 bridgehead atoms. The van der Waals surface area contributed by atoms with E-state index in [4.69, 9.17) is 46.4 Å². The van der Waals surface area contributed by atoms with Crippen LogP contribution in [-0.2, 0) is 0 Å². The van der Waals surface area contributed by atoms with E-state index < -0.39 is 0 Å². The first-order chi connectivity index (χ1) is 4.93. The molecule has 1 fully saturated rings. The molecule has 0 N–H and O–H groups in total. The van der Waals surface area contributed by atoms with Crippen LogP contribution in [0, 0.1) is 0 Å². The summed E-state index contributed by atoms with van der Waals surface area (Å²) in [6.45, 7) is 1.91. The first-order valence-corrected chi connectivity index (χ1v) is 5.23. The van der Waals surface area contributed by atoms with Crippen LogP contribution in [0.4, 0.5) is 0 Å². The van der Waals surface area contributed by atoms with Gasteiger partial charge in [-0.1, -0.05) is 0 Å². The van der Waals surface area contributed by atoms with Crippen molar-refractivity contribution in [2.45, 2.75) is 40.8 Å². The second kappa shape index (κ2) is 3.49. The topological polar surface area (TPSA) is 0 Å². The highest BCUT2D eigenvalue weighted by atomic mass is 35.5. The molecule has 66 valence electrons. The Morgan fingerprint density at radius 2 is 1.73 bits per heavy atom. The highest BCUT2D eigenvalue weighted by molar-refractivity contribution is 6.35. The van der Waals surface area contributed by atoms with Gasteiger partial charge in [-0.15, -0.1) is 46.4 Å². The molecule has 0 aromatic rings. The quantitative estimate of drug-likeness (QED) is 0.563. The van der Waals surface area contributed by atoms with Crippen LogP contribution in [-0.4, -0.2) is 21.0 Å². The van der Waals surface area contributed by atoms with E-state index >= 15 is 0 Å². The van der Waals surface area contributed by atoms with Gasteiger partial charge in [-0.05, 0) is 19.8 Å². The van der Waals surface area contributed by atoms with Gasteiger partial charge in [-0.25, -0.2) is 0 Å². The predicted octanol–water partition coefficient (Wildman–Crippen LogP) is 3.60. The summed E-state index contributed by atoms with van der Waals surface area (Å²) >= 11 is 24.0. The van der Waals surface area contributed by atoms with Gasteiger partial charge in [0.2, 0.25) is 0 Å². The molecule has 1 aliphatic rings. The zero-order chi connectivity index (χ0) is 8.65. The van der Waals surface area contributed by atoms with Gasteiger partial charge >= 0.3 is 0 Å². The number of hydrogen-bond donors (Lipinski definition) is 0. The second-order valence-corrected chi connectivity index (χ2v) is 5.73. The third kappa shape index (κ3) is 2.30. The summed E-state index contributed by atoms with van der Waals surface area (Å²) in [5.41, 5.74) is 0. The summed E-state index contributed by atoms with van der Waals surface area (Å²) in [6.07, 6.45) is 1.37. The number of alkyl halides is 4. The molecule has 0 saturated heterocycles. The molecule has 4 heteroatoms. The maximum absolute atomic E-state index is 6.11. The van der Waals surface area contributed by atoms with Crippen molar-refractivity contribution in [2.75, 3.05) is 0 Å². The van der Waals surface area contributed by atoms with Crippen molar-refractivity contribution in [2.24, 2.45) is 0 Å². The number of rotatable bonds is 0. The van der Waals surface area contributed by atoms with E-state index in [0.29, 0.717) is 12.8 Å². The van der Waals surface area contributed by atoms with Gasteiger partial charge < -0.3 is 0 Å². The average Bonchev–Trinajstić information content (AvgIpc) is 1.83. The van der Waals surface area contributed by atoms with Crippen LogP contribution in [0.15, 0.2) is 0 Å². The van der Waals surface area contributed by atoms with E-state index in [0.717, 1.165) is 0 Å². The van der Waals surface area contributed by atoms with Gasteiger partial charge in [0.15, 0.2) is 0 Å². The van der Waals surface area contributed by atoms with Gasteiger partial charge in [-0.2, -0.15) is 0 Å². The smallest absolute Gasteiger partial charge is 0.0596 e. The van der Waals surface area contributed by atoms with E-state index in [2.05, 4.69) is 0 Å². The minimum Gasteiger partial charge on any atom is -0.121 e. The van der Waals surface area contributed by atoms with Crippen LogP contribution < -0.4 is 0 Å². The van der Waals surface area contributed by atoms with Crippen LogP contribution in [0.3, 0.4) is 0 Å². The molecule has 0 heterocycles. The van der Waals surface area contributed by atoms with Crippen molar-refractivity contribution in [3.8, 4) is 0 Å². The van der Waals surface area contributed by atoms with Crippen molar-refractivity contribution in [3.63, 3.8) is 0 Å². The Bertz CT molecular complexity index is 145. The maximum Gasteiger partial charge on any atom is 0.0596 e. The first-order valence-electron chi connectivity index (χ1n) is 3.54. The zero-order valence-electron chi connectivity index (χ0n) is 6.16. The molecule has 0 aromatic heterocycles. The van der Waals surface area contributed by atoms with Crippen LogP contribution in [0.1, 0.15) is 19.8 Å². The zero-order valence-corrected chi connectivity index (χ0v) is 9.18. The molecule has 0 unspecified atom stereocenters. The van der Waals surface area contributed by atoms with Crippen LogP contribution in [0.2, 0.25) is 0 Å². The Kier molecular flexibility index (Phi) is 3.25. The lowest BCUT2D eigenvalue weighted by atomic mass is 9.89. The van der Waals surface area contributed by atoms with E-state index in [9.17, 15) is 0 Å². The van der Waals surface area contributed by atoms with Gasteiger partial charge in [0.05, 0.1) is 21.0 Å². The Hall–Kier alpha value is 1.16. The Balaban J connectivity index is 2.63. The fraction of sp³-hybridized carbons (Fsp3) is 1.00. The average molecular weight is 236 g/mol. The minimum atomic E-state index is -0.390. The summed E-state index contributed by atoms with van der Waals surface area (Å²) in [5, 5.41) is -0.151. The normalized spacial score (nSPS) is 52.6. The number of hydrogen-bond acceptors (Lipinski definition) is 0. The second-order valence-electron chi connectivity index (χ2n) is 3.22. The fourth-order valence-corrected chi connectivity index (χ4v) is 2.63. The SMILES string of the molecule is C[C@]1(Cl)C[C@H](Cl)[C@H](Cl)C[C@@H]1Cl. The molecule has 0 radical (unpaired) electrons. The first kappa shape index (κ1) is 10.2. The molecule has 0 nitrogen and oxygen atoms in total. The lowest BCUT2D eigenvalue weighted by Crippen LogP contribution is -2.42. The molecular weight excluding hydrogens is 226 g/mol. The molecule has 0 aromatic carbocycles. The molecule has 1 saturated carbocycles. The highest BCUT2D eigenvalue weighted by Crippen LogP contribution is 2.41. The third-order valence-corrected chi connectivity index (χ3v) is 4.33. The fourth-order valence-electron chi connectivity index (χ4n) is 1.23. The third-order valence-electron chi connectivity index (χ3n) is 2.07. The molecule has 0 spiro atoms. The van der Waals surface area contributed by atoms with Crippen molar-refractivity contribution in [1.82, 2.24) is 0 Å². The Morgan fingerprint density at radius 1 is 1.18 bits per heavy atom. The molecule has 0 amide bonds. The van der Waals surface area contributed by atoms with E-state index in [-0.39, 0.29) is 21.0 Å². The van der Waals surface area contributed by atoms with Gasteiger partial charge in [0.25, 0.3) is 0 Å². The van der Waals surface area contributed by atoms with Crippen molar-refractivity contribution >= 4 is 46.4 Å². The monoisotopic (exact) mass is 234 g/mol.